The Morgan fingerprint density at radius 2 is 2.00 bits per heavy atom. The fourth-order valence-electron chi connectivity index (χ4n) is 2.47. The van der Waals surface area contributed by atoms with Crippen LogP contribution in [0.3, 0.4) is 0 Å². The van der Waals surface area contributed by atoms with Gasteiger partial charge < -0.3 is 9.88 Å². The average molecular weight is 328 g/mol. The Kier molecular flexibility index (Phi) is 3.76. The van der Waals surface area contributed by atoms with Crippen LogP contribution in [-0.4, -0.2) is 29.6 Å². The van der Waals surface area contributed by atoms with Gasteiger partial charge in [0.2, 0.25) is 5.91 Å². The normalized spacial score (nSPS) is 11.0. The van der Waals surface area contributed by atoms with Crippen LogP contribution in [0.2, 0.25) is 0 Å². The van der Waals surface area contributed by atoms with Crippen molar-refractivity contribution >= 4 is 22.9 Å². The second kappa shape index (κ2) is 5.76. The Balaban J connectivity index is 1.98. The van der Waals surface area contributed by atoms with E-state index in [1.807, 2.05) is 0 Å². The van der Waals surface area contributed by atoms with Gasteiger partial charge >= 0.3 is 5.69 Å². The first-order valence-electron chi connectivity index (χ1n) is 7.23. The van der Waals surface area contributed by atoms with Crippen LogP contribution in [0.25, 0.3) is 11.2 Å². The number of pyridine rings is 1. The van der Waals surface area contributed by atoms with E-state index in [1.54, 1.807) is 32.2 Å². The Morgan fingerprint density at radius 1 is 1.25 bits per heavy atom. The van der Waals surface area contributed by atoms with Crippen LogP contribution in [0.15, 0.2) is 34.1 Å². The van der Waals surface area contributed by atoms with Gasteiger partial charge in [-0.3, -0.25) is 14.2 Å². The molecular weight excluding hydrogens is 312 g/mol. The van der Waals surface area contributed by atoms with Gasteiger partial charge in [-0.05, 0) is 19.1 Å². The van der Waals surface area contributed by atoms with Crippen molar-refractivity contribution in [3.8, 4) is 0 Å². The lowest BCUT2D eigenvalue weighted by molar-refractivity contribution is -0.116. The van der Waals surface area contributed by atoms with E-state index in [1.165, 1.54) is 22.5 Å². The van der Waals surface area contributed by atoms with Gasteiger partial charge in [-0.2, -0.15) is 0 Å². The Bertz CT molecular complexity index is 1060. The van der Waals surface area contributed by atoms with E-state index in [4.69, 9.17) is 0 Å². The van der Waals surface area contributed by atoms with Crippen molar-refractivity contribution in [1.29, 1.82) is 0 Å². The number of amides is 1. The van der Waals surface area contributed by atoms with E-state index in [0.717, 1.165) is 10.3 Å². The fourth-order valence-corrected chi connectivity index (χ4v) is 2.47. The van der Waals surface area contributed by atoms with Crippen molar-refractivity contribution in [1.82, 2.24) is 23.7 Å². The number of anilines is 1. The molecule has 0 aromatic carbocycles. The van der Waals surface area contributed by atoms with Crippen LogP contribution in [0.5, 0.6) is 0 Å². The first-order valence-corrected chi connectivity index (χ1v) is 7.23. The summed E-state index contributed by atoms with van der Waals surface area (Å²) in [4.78, 5) is 45.2. The molecule has 124 valence electrons. The molecule has 0 saturated carbocycles. The molecule has 0 aliphatic rings. The molecule has 0 aliphatic heterocycles. The average Bonchev–Trinajstić information content (AvgIpc) is 2.91. The summed E-state index contributed by atoms with van der Waals surface area (Å²) in [5.74, 6) is -0.139. The number of nitrogens with one attached hydrogen (secondary N) is 1. The van der Waals surface area contributed by atoms with E-state index in [-0.39, 0.29) is 11.2 Å². The molecule has 0 aliphatic carbocycles. The number of aromatic nitrogens is 5. The third-order valence-electron chi connectivity index (χ3n) is 3.66. The number of hydrogen-bond acceptors (Lipinski definition) is 5. The third kappa shape index (κ3) is 2.60. The van der Waals surface area contributed by atoms with Gasteiger partial charge in [-0.15, -0.1) is 0 Å². The van der Waals surface area contributed by atoms with Crippen LogP contribution >= 0.6 is 0 Å². The lowest BCUT2D eigenvalue weighted by Gasteiger charge is -2.09. The maximum absolute atomic E-state index is 12.5. The smallest absolute Gasteiger partial charge is 0.328 e. The molecule has 9 nitrogen and oxygen atoms in total. The summed E-state index contributed by atoms with van der Waals surface area (Å²) in [5.41, 5.74) is 0.138. The van der Waals surface area contributed by atoms with Crippen molar-refractivity contribution in [2.24, 2.45) is 14.1 Å². The monoisotopic (exact) mass is 328 g/mol. The van der Waals surface area contributed by atoms with Gasteiger partial charge in [0.15, 0.2) is 11.2 Å². The number of hydrogen-bond donors (Lipinski definition) is 1. The van der Waals surface area contributed by atoms with Crippen molar-refractivity contribution in [2.45, 2.75) is 13.5 Å². The molecule has 0 saturated heterocycles. The second-order valence-corrected chi connectivity index (χ2v) is 5.47. The highest BCUT2D eigenvalue weighted by molar-refractivity contribution is 5.89. The fraction of sp³-hybridized carbons (Fsp3) is 0.267. The molecule has 0 radical (unpaired) electrons. The van der Waals surface area contributed by atoms with Crippen LogP contribution in [0.1, 0.15) is 5.69 Å². The van der Waals surface area contributed by atoms with Gasteiger partial charge in [-0.1, -0.05) is 6.07 Å². The summed E-state index contributed by atoms with van der Waals surface area (Å²) in [6.07, 6.45) is 1.45. The van der Waals surface area contributed by atoms with Crippen LogP contribution in [0.4, 0.5) is 5.82 Å². The van der Waals surface area contributed by atoms with Crippen molar-refractivity contribution < 1.29 is 4.79 Å². The third-order valence-corrected chi connectivity index (χ3v) is 3.66. The Labute approximate surface area is 136 Å². The second-order valence-electron chi connectivity index (χ2n) is 5.47. The standard InChI is InChI=1S/C15H16N6O3/c1-9-5-4-6-10(17-9)18-11(22)7-21-14(23)12-13(16-8-19(12)2)20(3)15(21)24/h4-6,8H,7H2,1-3H3,(H,17,18,22). The van der Waals surface area contributed by atoms with E-state index in [9.17, 15) is 14.4 Å². The van der Waals surface area contributed by atoms with Crippen LogP contribution < -0.4 is 16.6 Å². The molecule has 3 heterocycles. The lowest BCUT2D eigenvalue weighted by Crippen LogP contribution is -2.42. The molecule has 0 fully saturated rings. The van der Waals surface area contributed by atoms with Crippen molar-refractivity contribution in [3.63, 3.8) is 0 Å². The first-order chi connectivity index (χ1) is 11.4. The maximum atomic E-state index is 12.5. The minimum Gasteiger partial charge on any atom is -0.328 e. The molecule has 3 rings (SSSR count). The van der Waals surface area contributed by atoms with E-state index in [0.29, 0.717) is 5.82 Å². The topological polar surface area (TPSA) is 104 Å². The number of nitrogens with zero attached hydrogens (tertiary/aromatic N) is 5. The SMILES string of the molecule is Cc1cccc(NC(=O)Cn2c(=O)c3c(ncn3C)n(C)c2=O)n1. The molecule has 0 atom stereocenters. The summed E-state index contributed by atoms with van der Waals surface area (Å²) in [7, 11) is 3.16. The summed E-state index contributed by atoms with van der Waals surface area (Å²) >= 11 is 0. The molecule has 24 heavy (non-hydrogen) atoms. The number of imidazole rings is 1. The van der Waals surface area contributed by atoms with Gasteiger partial charge in [-0.25, -0.2) is 19.3 Å². The number of rotatable bonds is 3. The molecule has 9 heteroatoms. The zero-order chi connectivity index (χ0) is 17.4. The van der Waals surface area contributed by atoms with Crippen molar-refractivity contribution in [3.05, 3.63) is 51.1 Å². The minimum atomic E-state index is -0.599. The zero-order valence-electron chi connectivity index (χ0n) is 13.5. The lowest BCUT2D eigenvalue weighted by atomic mass is 10.3. The van der Waals surface area contributed by atoms with Gasteiger partial charge in [0.25, 0.3) is 5.56 Å². The van der Waals surface area contributed by atoms with Gasteiger partial charge in [0, 0.05) is 19.8 Å². The number of aryl methyl sites for hydroxylation is 3. The molecule has 0 spiro atoms. The predicted molar refractivity (Wildman–Crippen MR) is 87.8 cm³/mol. The summed E-state index contributed by atoms with van der Waals surface area (Å²) in [6.45, 7) is 1.40. The molecule has 3 aromatic rings. The molecule has 1 N–H and O–H groups in total. The highest BCUT2D eigenvalue weighted by Crippen LogP contribution is 2.05. The van der Waals surface area contributed by atoms with E-state index < -0.39 is 23.7 Å². The minimum absolute atomic E-state index is 0.263. The first kappa shape index (κ1) is 15.7. The molecule has 3 aromatic heterocycles. The predicted octanol–water partition coefficient (Wildman–Crippen LogP) is -0.224. The highest BCUT2D eigenvalue weighted by Gasteiger charge is 2.17. The van der Waals surface area contributed by atoms with Crippen molar-refractivity contribution in [2.75, 3.05) is 5.32 Å². The van der Waals surface area contributed by atoms with Gasteiger partial charge in [0.05, 0.1) is 6.33 Å². The van der Waals surface area contributed by atoms with E-state index in [2.05, 4.69) is 15.3 Å². The van der Waals surface area contributed by atoms with Crippen LogP contribution in [-0.2, 0) is 25.4 Å². The zero-order valence-corrected chi connectivity index (χ0v) is 13.5. The van der Waals surface area contributed by atoms with E-state index >= 15 is 0 Å². The highest BCUT2D eigenvalue weighted by atomic mass is 16.2. The summed E-state index contributed by atoms with van der Waals surface area (Å²) < 4.78 is 3.65. The largest absolute Gasteiger partial charge is 0.332 e. The number of carbonyl (C=O) groups is 1. The van der Waals surface area contributed by atoms with Crippen LogP contribution in [0, 0.1) is 6.92 Å². The summed E-state index contributed by atoms with van der Waals surface area (Å²) in [6, 6.07) is 5.19. The Hall–Kier alpha value is -3.23. The summed E-state index contributed by atoms with van der Waals surface area (Å²) in [5, 5.41) is 2.58. The molecular formula is C15H16N6O3. The number of carbonyl (C=O) groups excluding carboxylic acids is 1. The van der Waals surface area contributed by atoms with Gasteiger partial charge in [0.1, 0.15) is 12.4 Å². The number of fused-ring (bicyclic) bond motifs is 1. The quantitative estimate of drug-likeness (QED) is 0.715. The maximum Gasteiger partial charge on any atom is 0.332 e. The molecule has 1 amide bonds. The Morgan fingerprint density at radius 3 is 2.71 bits per heavy atom. The molecule has 0 unspecified atom stereocenters. The molecule has 0 bridgehead atoms.